The maximum Gasteiger partial charge on any atom is 0.315 e. The lowest BCUT2D eigenvalue weighted by Gasteiger charge is -2.46. The molecule has 0 saturated carbocycles. The summed E-state index contributed by atoms with van der Waals surface area (Å²) in [5.74, 6) is 0.0178. The van der Waals surface area contributed by atoms with E-state index in [-0.39, 0.29) is 11.4 Å². The van der Waals surface area contributed by atoms with E-state index in [2.05, 4.69) is 31.0 Å². The number of hydrogen-bond donors (Lipinski definition) is 2. The highest BCUT2D eigenvalue weighted by Gasteiger charge is 2.39. The van der Waals surface area contributed by atoms with E-state index in [1.807, 2.05) is 4.90 Å². The van der Waals surface area contributed by atoms with Gasteiger partial charge in [0.15, 0.2) is 0 Å². The maximum absolute atomic E-state index is 12.8. The highest BCUT2D eigenvalue weighted by Crippen LogP contribution is 2.20. The molecule has 0 spiro atoms. The standard InChI is InChI=1S/C14H27N5O2/c1-14(2,3)18-8-9-19(13(15)21)11(10-18)12(20)17-6-4-16-5-7-17/h11,16H,4-10H2,1-3H3,(H2,15,21). The van der Waals surface area contributed by atoms with Gasteiger partial charge in [-0.05, 0) is 20.8 Å². The lowest BCUT2D eigenvalue weighted by atomic mass is 10.0. The molecule has 2 heterocycles. The van der Waals surface area contributed by atoms with Crippen molar-refractivity contribution in [1.82, 2.24) is 20.0 Å². The minimum atomic E-state index is -0.503. The van der Waals surface area contributed by atoms with Crippen molar-refractivity contribution in [3.05, 3.63) is 0 Å². The third kappa shape index (κ3) is 3.65. The molecule has 7 nitrogen and oxygen atoms in total. The summed E-state index contributed by atoms with van der Waals surface area (Å²) in [5, 5.41) is 3.23. The molecular weight excluding hydrogens is 270 g/mol. The molecular formula is C14H27N5O2. The normalized spacial score (nSPS) is 25.0. The topological polar surface area (TPSA) is 81.9 Å². The summed E-state index contributed by atoms with van der Waals surface area (Å²) < 4.78 is 0. The molecule has 2 fully saturated rings. The second-order valence-electron chi connectivity index (χ2n) is 6.74. The van der Waals surface area contributed by atoms with Gasteiger partial charge in [0.2, 0.25) is 5.91 Å². The average molecular weight is 297 g/mol. The van der Waals surface area contributed by atoms with Gasteiger partial charge in [-0.1, -0.05) is 0 Å². The zero-order valence-electron chi connectivity index (χ0n) is 13.3. The third-order valence-corrected chi connectivity index (χ3v) is 4.33. The summed E-state index contributed by atoms with van der Waals surface area (Å²) >= 11 is 0. The number of carbonyl (C=O) groups is 2. The fraction of sp³-hybridized carbons (Fsp3) is 0.857. The Bertz CT molecular complexity index is 401. The van der Waals surface area contributed by atoms with Gasteiger partial charge in [0.1, 0.15) is 6.04 Å². The molecule has 2 aliphatic heterocycles. The van der Waals surface area contributed by atoms with Crippen LogP contribution in [-0.4, -0.2) is 84.0 Å². The molecule has 3 N–H and O–H groups in total. The number of urea groups is 1. The van der Waals surface area contributed by atoms with E-state index in [1.165, 1.54) is 4.90 Å². The van der Waals surface area contributed by atoms with Crippen molar-refractivity contribution in [2.45, 2.75) is 32.4 Å². The summed E-state index contributed by atoms with van der Waals surface area (Å²) in [7, 11) is 0. The second kappa shape index (κ2) is 6.19. The van der Waals surface area contributed by atoms with Gasteiger partial charge in [-0.2, -0.15) is 0 Å². The zero-order valence-corrected chi connectivity index (χ0v) is 13.3. The number of primary amides is 1. The molecule has 2 rings (SSSR count). The predicted molar refractivity (Wildman–Crippen MR) is 80.9 cm³/mol. The SMILES string of the molecule is CC(C)(C)N1CCN(C(N)=O)C(C(=O)N2CCNCC2)C1. The number of piperazine rings is 2. The van der Waals surface area contributed by atoms with Crippen molar-refractivity contribution < 1.29 is 9.59 Å². The Labute approximate surface area is 126 Å². The second-order valence-corrected chi connectivity index (χ2v) is 6.74. The van der Waals surface area contributed by atoms with Crippen LogP contribution < -0.4 is 11.1 Å². The van der Waals surface area contributed by atoms with Crippen molar-refractivity contribution in [2.24, 2.45) is 5.73 Å². The highest BCUT2D eigenvalue weighted by molar-refractivity contribution is 5.87. The highest BCUT2D eigenvalue weighted by atomic mass is 16.2. The lowest BCUT2D eigenvalue weighted by Crippen LogP contribution is -2.65. The van der Waals surface area contributed by atoms with Gasteiger partial charge in [-0.25, -0.2) is 4.79 Å². The Kier molecular flexibility index (Phi) is 4.73. The Morgan fingerprint density at radius 2 is 1.71 bits per heavy atom. The third-order valence-electron chi connectivity index (χ3n) is 4.33. The van der Waals surface area contributed by atoms with Crippen molar-refractivity contribution >= 4 is 11.9 Å². The summed E-state index contributed by atoms with van der Waals surface area (Å²) in [5.41, 5.74) is 5.44. The van der Waals surface area contributed by atoms with E-state index in [4.69, 9.17) is 5.73 Å². The van der Waals surface area contributed by atoms with Crippen LogP contribution in [0, 0.1) is 0 Å². The zero-order chi connectivity index (χ0) is 15.6. The molecule has 1 atom stereocenters. The van der Waals surface area contributed by atoms with Gasteiger partial charge in [-0.3, -0.25) is 9.69 Å². The average Bonchev–Trinajstić information content (AvgIpc) is 2.45. The number of nitrogens with zero attached hydrogens (tertiary/aromatic N) is 3. The van der Waals surface area contributed by atoms with Gasteiger partial charge < -0.3 is 20.9 Å². The first kappa shape index (κ1) is 16.0. The molecule has 2 aliphatic rings. The molecule has 0 aliphatic carbocycles. The fourth-order valence-electron chi connectivity index (χ4n) is 2.96. The minimum absolute atomic E-state index is 0.0178. The number of carbonyl (C=O) groups excluding carboxylic acids is 2. The summed E-state index contributed by atoms with van der Waals surface area (Å²) in [4.78, 5) is 30.0. The molecule has 1 unspecified atom stereocenters. The van der Waals surface area contributed by atoms with E-state index < -0.39 is 12.1 Å². The maximum atomic E-state index is 12.8. The summed E-state index contributed by atoms with van der Waals surface area (Å²) in [6.45, 7) is 11.2. The van der Waals surface area contributed by atoms with Crippen LogP contribution in [0.5, 0.6) is 0 Å². The molecule has 0 bridgehead atoms. The number of rotatable bonds is 1. The molecule has 0 aromatic heterocycles. The van der Waals surface area contributed by atoms with Gasteiger partial charge >= 0.3 is 6.03 Å². The van der Waals surface area contributed by atoms with Crippen LogP contribution in [0.2, 0.25) is 0 Å². The number of nitrogens with two attached hydrogens (primary N) is 1. The number of hydrogen-bond acceptors (Lipinski definition) is 4. The molecule has 21 heavy (non-hydrogen) atoms. The largest absolute Gasteiger partial charge is 0.351 e. The van der Waals surface area contributed by atoms with Gasteiger partial charge in [0.25, 0.3) is 0 Å². The minimum Gasteiger partial charge on any atom is -0.351 e. The number of amides is 3. The van der Waals surface area contributed by atoms with Crippen LogP contribution in [-0.2, 0) is 4.79 Å². The van der Waals surface area contributed by atoms with Crippen molar-refractivity contribution in [2.75, 3.05) is 45.8 Å². The van der Waals surface area contributed by atoms with E-state index in [1.54, 1.807) is 0 Å². The number of nitrogens with one attached hydrogen (secondary N) is 1. The van der Waals surface area contributed by atoms with E-state index in [0.29, 0.717) is 26.2 Å². The van der Waals surface area contributed by atoms with Gasteiger partial charge in [0, 0.05) is 51.4 Å². The molecule has 0 aromatic carbocycles. The Morgan fingerprint density at radius 3 is 2.24 bits per heavy atom. The molecule has 2 saturated heterocycles. The van der Waals surface area contributed by atoms with Gasteiger partial charge in [0.05, 0.1) is 0 Å². The molecule has 3 amide bonds. The van der Waals surface area contributed by atoms with Crippen molar-refractivity contribution in [3.8, 4) is 0 Å². The van der Waals surface area contributed by atoms with Crippen molar-refractivity contribution in [1.29, 1.82) is 0 Å². The van der Waals surface area contributed by atoms with Crippen LogP contribution in [0.3, 0.4) is 0 Å². The summed E-state index contributed by atoms with van der Waals surface area (Å²) in [6, 6.07) is -0.967. The van der Waals surface area contributed by atoms with E-state index in [0.717, 1.165) is 19.6 Å². The molecule has 0 aromatic rings. The Morgan fingerprint density at radius 1 is 1.10 bits per heavy atom. The van der Waals surface area contributed by atoms with Gasteiger partial charge in [-0.15, -0.1) is 0 Å². The Balaban J connectivity index is 2.13. The van der Waals surface area contributed by atoms with E-state index >= 15 is 0 Å². The first-order chi connectivity index (χ1) is 9.80. The van der Waals surface area contributed by atoms with E-state index in [9.17, 15) is 9.59 Å². The monoisotopic (exact) mass is 297 g/mol. The van der Waals surface area contributed by atoms with Crippen LogP contribution in [0.1, 0.15) is 20.8 Å². The first-order valence-electron chi connectivity index (χ1n) is 7.61. The quantitative estimate of drug-likeness (QED) is 0.669. The molecule has 0 radical (unpaired) electrons. The molecule has 7 heteroatoms. The summed E-state index contributed by atoms with van der Waals surface area (Å²) in [6.07, 6.45) is 0. The fourth-order valence-corrected chi connectivity index (χ4v) is 2.96. The Hall–Kier alpha value is -1.34. The molecule has 120 valence electrons. The predicted octanol–water partition coefficient (Wildman–Crippen LogP) is -0.718. The lowest BCUT2D eigenvalue weighted by molar-refractivity contribution is -0.139. The first-order valence-corrected chi connectivity index (χ1v) is 7.61. The smallest absolute Gasteiger partial charge is 0.315 e. The van der Waals surface area contributed by atoms with Crippen LogP contribution in [0.4, 0.5) is 4.79 Å². The van der Waals surface area contributed by atoms with Crippen LogP contribution in [0.15, 0.2) is 0 Å². The van der Waals surface area contributed by atoms with Crippen LogP contribution >= 0.6 is 0 Å². The van der Waals surface area contributed by atoms with Crippen LogP contribution in [0.25, 0.3) is 0 Å². The van der Waals surface area contributed by atoms with Crippen molar-refractivity contribution in [3.63, 3.8) is 0 Å².